The SMILES string of the molecule is Br.Nc1nc2c(s1)CCN(C(=O)c1ccc(NC(=O)c3ccccc3-c3ccccc3)cc1)c1ccccc1-2. The molecule has 1 aliphatic rings. The molecule has 5 aromatic rings. The first-order chi connectivity index (χ1) is 18.6. The summed E-state index contributed by atoms with van der Waals surface area (Å²) < 4.78 is 0. The summed E-state index contributed by atoms with van der Waals surface area (Å²) in [6, 6.07) is 32.2. The van der Waals surface area contributed by atoms with Crippen LogP contribution in [0.15, 0.2) is 103 Å². The van der Waals surface area contributed by atoms with Gasteiger partial charge in [-0.1, -0.05) is 66.7 Å². The number of nitrogens with two attached hydrogens (primary N) is 1. The van der Waals surface area contributed by atoms with Crippen LogP contribution in [0.1, 0.15) is 25.6 Å². The normalized spacial score (nSPS) is 11.9. The van der Waals surface area contributed by atoms with Crippen LogP contribution < -0.4 is 16.0 Å². The molecule has 0 fully saturated rings. The summed E-state index contributed by atoms with van der Waals surface area (Å²) in [5, 5.41) is 3.51. The third kappa shape index (κ3) is 5.21. The van der Waals surface area contributed by atoms with Gasteiger partial charge in [-0.05, 0) is 47.5 Å². The Hall–Kier alpha value is -4.27. The molecule has 0 spiro atoms. The maximum atomic E-state index is 13.6. The fourth-order valence-corrected chi connectivity index (χ4v) is 5.64. The van der Waals surface area contributed by atoms with E-state index in [4.69, 9.17) is 5.73 Å². The number of rotatable bonds is 4. The van der Waals surface area contributed by atoms with Crippen molar-refractivity contribution in [1.29, 1.82) is 0 Å². The van der Waals surface area contributed by atoms with Gasteiger partial charge in [-0.2, -0.15) is 0 Å². The van der Waals surface area contributed by atoms with Crippen molar-refractivity contribution in [2.75, 3.05) is 22.5 Å². The van der Waals surface area contributed by atoms with Crippen LogP contribution in [0.4, 0.5) is 16.5 Å². The predicted octanol–water partition coefficient (Wildman–Crippen LogP) is 7.09. The summed E-state index contributed by atoms with van der Waals surface area (Å²) in [7, 11) is 0. The van der Waals surface area contributed by atoms with Crippen molar-refractivity contribution >= 4 is 56.6 Å². The lowest BCUT2D eigenvalue weighted by atomic mass is 9.99. The van der Waals surface area contributed by atoms with Crippen LogP contribution >= 0.6 is 28.3 Å². The van der Waals surface area contributed by atoms with Gasteiger partial charge in [0, 0.05) is 40.2 Å². The van der Waals surface area contributed by atoms with E-state index >= 15 is 0 Å². The van der Waals surface area contributed by atoms with Crippen LogP contribution in [-0.4, -0.2) is 23.3 Å². The van der Waals surface area contributed by atoms with Gasteiger partial charge in [0.1, 0.15) is 0 Å². The number of anilines is 3. The second-order valence-corrected chi connectivity index (χ2v) is 10.1. The van der Waals surface area contributed by atoms with Crippen molar-refractivity contribution in [3.63, 3.8) is 0 Å². The lowest BCUT2D eigenvalue weighted by molar-refractivity contribution is 0.0986. The number of para-hydroxylation sites is 1. The summed E-state index contributed by atoms with van der Waals surface area (Å²) in [6.45, 7) is 0.527. The Labute approximate surface area is 240 Å². The molecule has 39 heavy (non-hydrogen) atoms. The molecule has 194 valence electrons. The van der Waals surface area contributed by atoms with Gasteiger partial charge < -0.3 is 16.0 Å². The van der Waals surface area contributed by atoms with E-state index in [2.05, 4.69) is 10.3 Å². The smallest absolute Gasteiger partial charge is 0.258 e. The monoisotopic (exact) mass is 596 g/mol. The van der Waals surface area contributed by atoms with Crippen LogP contribution in [0, 0.1) is 0 Å². The van der Waals surface area contributed by atoms with Crippen LogP contribution in [0.3, 0.4) is 0 Å². The van der Waals surface area contributed by atoms with Crippen LogP contribution in [0.2, 0.25) is 0 Å². The molecule has 3 N–H and O–H groups in total. The molecule has 0 atom stereocenters. The number of benzene rings is 4. The predicted molar refractivity (Wildman–Crippen MR) is 164 cm³/mol. The lowest BCUT2D eigenvalue weighted by Crippen LogP contribution is -2.32. The Morgan fingerprint density at radius 1 is 0.821 bits per heavy atom. The van der Waals surface area contributed by atoms with Crippen LogP contribution in [0.5, 0.6) is 0 Å². The zero-order valence-corrected chi connectivity index (χ0v) is 23.4. The molecular weight excluding hydrogens is 572 g/mol. The van der Waals surface area contributed by atoms with Gasteiger partial charge in [0.25, 0.3) is 11.8 Å². The molecule has 0 radical (unpaired) electrons. The Morgan fingerprint density at radius 2 is 1.49 bits per heavy atom. The number of nitrogens with zero attached hydrogens (tertiary/aromatic N) is 2. The quantitative estimate of drug-likeness (QED) is 0.232. The van der Waals surface area contributed by atoms with Gasteiger partial charge >= 0.3 is 0 Å². The largest absolute Gasteiger partial charge is 0.375 e. The fourth-order valence-electron chi connectivity index (χ4n) is 4.80. The Balaban J connectivity index is 0.00000308. The summed E-state index contributed by atoms with van der Waals surface area (Å²) in [4.78, 5) is 34.2. The summed E-state index contributed by atoms with van der Waals surface area (Å²) in [6.07, 6.45) is 0.680. The van der Waals surface area contributed by atoms with E-state index in [1.54, 1.807) is 29.2 Å². The third-order valence-corrected chi connectivity index (χ3v) is 7.56. The molecule has 0 saturated carbocycles. The number of hydrogen-bond donors (Lipinski definition) is 2. The Bertz CT molecular complexity index is 1650. The highest BCUT2D eigenvalue weighted by atomic mass is 79.9. The van der Waals surface area contributed by atoms with E-state index in [0.717, 1.165) is 32.9 Å². The van der Waals surface area contributed by atoms with Crippen molar-refractivity contribution in [1.82, 2.24) is 4.98 Å². The van der Waals surface area contributed by atoms with Gasteiger partial charge in [0.15, 0.2) is 5.13 Å². The van der Waals surface area contributed by atoms with Crippen molar-refractivity contribution in [3.8, 4) is 22.4 Å². The van der Waals surface area contributed by atoms with Crippen LogP contribution in [0.25, 0.3) is 22.4 Å². The molecule has 1 aliphatic heterocycles. The minimum absolute atomic E-state index is 0. The highest BCUT2D eigenvalue weighted by Crippen LogP contribution is 2.39. The Morgan fingerprint density at radius 3 is 2.26 bits per heavy atom. The fraction of sp³-hybridized carbons (Fsp3) is 0.0645. The van der Waals surface area contributed by atoms with E-state index < -0.39 is 0 Å². The summed E-state index contributed by atoms with van der Waals surface area (Å²) >= 11 is 1.47. The molecule has 1 aromatic heterocycles. The van der Waals surface area contributed by atoms with E-state index in [0.29, 0.717) is 34.9 Å². The number of thiazole rings is 1. The molecule has 2 heterocycles. The topological polar surface area (TPSA) is 88.3 Å². The first-order valence-corrected chi connectivity index (χ1v) is 13.1. The number of hydrogen-bond acceptors (Lipinski definition) is 5. The van der Waals surface area contributed by atoms with E-state index in [-0.39, 0.29) is 28.8 Å². The number of halogens is 1. The van der Waals surface area contributed by atoms with Gasteiger partial charge in [-0.3, -0.25) is 9.59 Å². The molecular formula is C31H25BrN4O2S. The number of aromatic nitrogens is 1. The second kappa shape index (κ2) is 11.2. The average molecular weight is 598 g/mol. The number of nitrogens with one attached hydrogen (secondary N) is 1. The van der Waals surface area contributed by atoms with Gasteiger partial charge in [-0.25, -0.2) is 4.98 Å². The average Bonchev–Trinajstić information content (AvgIpc) is 3.27. The lowest BCUT2D eigenvalue weighted by Gasteiger charge is -2.23. The number of carbonyl (C=O) groups excluding carboxylic acids is 2. The first-order valence-electron chi connectivity index (χ1n) is 12.3. The van der Waals surface area contributed by atoms with Gasteiger partial charge in [0.05, 0.1) is 11.4 Å². The summed E-state index contributed by atoms with van der Waals surface area (Å²) in [5.41, 5.74) is 12.1. The van der Waals surface area contributed by atoms with Crippen molar-refractivity contribution in [2.45, 2.75) is 6.42 Å². The molecule has 0 aliphatic carbocycles. The second-order valence-electron chi connectivity index (χ2n) is 8.99. The molecule has 0 bridgehead atoms. The zero-order valence-electron chi connectivity index (χ0n) is 20.8. The molecule has 4 aromatic carbocycles. The number of amides is 2. The number of fused-ring (bicyclic) bond motifs is 3. The van der Waals surface area contributed by atoms with E-state index in [9.17, 15) is 9.59 Å². The van der Waals surface area contributed by atoms with Crippen molar-refractivity contribution in [2.24, 2.45) is 0 Å². The van der Waals surface area contributed by atoms with Crippen LogP contribution in [-0.2, 0) is 6.42 Å². The highest BCUT2D eigenvalue weighted by Gasteiger charge is 2.27. The minimum Gasteiger partial charge on any atom is -0.375 e. The molecule has 8 heteroatoms. The minimum atomic E-state index is -0.206. The molecule has 2 amide bonds. The molecule has 0 unspecified atom stereocenters. The number of carbonyl (C=O) groups is 2. The van der Waals surface area contributed by atoms with Crippen molar-refractivity contribution in [3.05, 3.63) is 119 Å². The molecule has 6 nitrogen and oxygen atoms in total. The van der Waals surface area contributed by atoms with Crippen molar-refractivity contribution < 1.29 is 9.59 Å². The number of nitrogen functional groups attached to an aromatic ring is 1. The highest BCUT2D eigenvalue weighted by molar-refractivity contribution is 8.93. The Kier molecular flexibility index (Phi) is 7.58. The van der Waals surface area contributed by atoms with Gasteiger partial charge in [0.2, 0.25) is 0 Å². The first kappa shape index (κ1) is 26.3. The third-order valence-electron chi connectivity index (χ3n) is 6.62. The van der Waals surface area contributed by atoms with E-state index in [1.807, 2.05) is 78.9 Å². The standard InChI is InChI=1S/C31H24N4O2S.BrH/c32-31-34-28-25-12-6-7-13-26(25)35(19-18-27(28)38-31)30(37)21-14-16-22(17-15-21)33-29(36)24-11-5-4-10-23(24)20-8-2-1-3-9-20;/h1-17H,18-19H2,(H2,32,34)(H,33,36);1H. The van der Waals surface area contributed by atoms with E-state index in [1.165, 1.54) is 11.3 Å². The molecule has 0 saturated heterocycles. The zero-order chi connectivity index (χ0) is 26.1. The maximum absolute atomic E-state index is 13.6. The maximum Gasteiger partial charge on any atom is 0.258 e. The summed E-state index contributed by atoms with van der Waals surface area (Å²) in [5.74, 6) is -0.309. The van der Waals surface area contributed by atoms with Gasteiger partial charge in [-0.15, -0.1) is 28.3 Å². The molecule has 6 rings (SSSR count).